The Kier molecular flexibility index (Phi) is 8.16. The fraction of sp³-hybridized carbons (Fsp3) is 0.361. The largest absolute Gasteiger partial charge is 0.465 e. The van der Waals surface area contributed by atoms with E-state index in [1.807, 2.05) is 79.7 Å². The van der Waals surface area contributed by atoms with Gasteiger partial charge in [0, 0.05) is 17.0 Å². The van der Waals surface area contributed by atoms with E-state index in [2.05, 4.69) is 13.2 Å². The van der Waals surface area contributed by atoms with Crippen molar-refractivity contribution in [2.75, 3.05) is 24.7 Å². The molecule has 2 bridgehead atoms. The van der Waals surface area contributed by atoms with Crippen LogP contribution in [-0.4, -0.2) is 63.1 Å². The summed E-state index contributed by atoms with van der Waals surface area (Å²) in [6, 6.07) is 21.5. The van der Waals surface area contributed by atoms with E-state index in [0.29, 0.717) is 24.9 Å². The first kappa shape index (κ1) is 30.2. The van der Waals surface area contributed by atoms with Gasteiger partial charge in [0.25, 0.3) is 5.91 Å². The maximum absolute atomic E-state index is 15.1. The Morgan fingerprint density at radius 1 is 1.07 bits per heavy atom. The summed E-state index contributed by atoms with van der Waals surface area (Å²) in [5.41, 5.74) is 1.43. The van der Waals surface area contributed by atoms with Crippen molar-refractivity contribution in [3.8, 4) is 0 Å². The van der Waals surface area contributed by atoms with Gasteiger partial charge in [-0.05, 0) is 54.7 Å². The van der Waals surface area contributed by atoms with Crippen molar-refractivity contribution in [1.82, 2.24) is 4.90 Å². The third-order valence-corrected chi connectivity index (χ3v) is 11.6. The van der Waals surface area contributed by atoms with Gasteiger partial charge in [-0.1, -0.05) is 72.8 Å². The molecule has 6 rings (SSSR count). The van der Waals surface area contributed by atoms with Crippen molar-refractivity contribution in [2.45, 2.75) is 47.8 Å². The number of hydrogen-bond donors (Lipinski definition) is 1. The molecule has 6 atom stereocenters. The summed E-state index contributed by atoms with van der Waals surface area (Å²) in [5, 5.41) is 12.8. The summed E-state index contributed by atoms with van der Waals surface area (Å²) in [6.45, 7) is 9.74. The van der Waals surface area contributed by atoms with Crippen molar-refractivity contribution in [1.29, 1.82) is 0 Å². The van der Waals surface area contributed by atoms with Crippen LogP contribution >= 0.6 is 11.8 Å². The minimum atomic E-state index is -0.915. The highest BCUT2D eigenvalue weighted by Gasteiger charge is 2.78. The van der Waals surface area contributed by atoms with Gasteiger partial charge in [0.15, 0.2) is 0 Å². The first-order chi connectivity index (χ1) is 21.3. The van der Waals surface area contributed by atoms with E-state index in [0.717, 1.165) is 16.3 Å². The van der Waals surface area contributed by atoms with Gasteiger partial charge in [0.05, 0.1) is 35.8 Å². The number of rotatable bonds is 11. The Hall–Kier alpha value is -3.88. The van der Waals surface area contributed by atoms with E-state index in [1.54, 1.807) is 33.7 Å². The Bertz CT molecular complexity index is 1610. The van der Waals surface area contributed by atoms with Gasteiger partial charge >= 0.3 is 5.97 Å². The van der Waals surface area contributed by atoms with Crippen molar-refractivity contribution in [3.63, 3.8) is 0 Å². The predicted molar refractivity (Wildman–Crippen MR) is 174 cm³/mol. The first-order valence-electron chi connectivity index (χ1n) is 15.2. The van der Waals surface area contributed by atoms with Crippen LogP contribution in [0.5, 0.6) is 0 Å². The summed E-state index contributed by atoms with van der Waals surface area (Å²) in [5.74, 6) is -2.40. The number of fused-ring (bicyclic) bond motifs is 2. The molecule has 228 valence electrons. The first-order valence-corrected chi connectivity index (χ1v) is 16.0. The van der Waals surface area contributed by atoms with Crippen LogP contribution in [0.1, 0.15) is 37.8 Å². The molecule has 0 radical (unpaired) electrons. The third kappa shape index (κ3) is 4.75. The van der Waals surface area contributed by atoms with Crippen LogP contribution in [0.2, 0.25) is 0 Å². The van der Waals surface area contributed by atoms with Crippen molar-refractivity contribution >= 4 is 46.0 Å². The number of hydrogen-bond acceptors (Lipinski definition) is 6. The Morgan fingerprint density at radius 3 is 2.50 bits per heavy atom. The zero-order valence-corrected chi connectivity index (χ0v) is 25.7. The lowest BCUT2D eigenvalue weighted by Crippen LogP contribution is -2.56. The molecule has 0 aliphatic carbocycles. The second-order valence-corrected chi connectivity index (χ2v) is 14.0. The van der Waals surface area contributed by atoms with Crippen LogP contribution in [0.15, 0.2) is 98.1 Å². The van der Waals surface area contributed by atoms with E-state index in [4.69, 9.17) is 4.74 Å². The zero-order valence-electron chi connectivity index (χ0n) is 24.9. The summed E-state index contributed by atoms with van der Waals surface area (Å²) in [6.07, 6.45) is 5.16. The molecule has 2 amide bonds. The summed E-state index contributed by atoms with van der Waals surface area (Å²) in [4.78, 5) is 46.7. The monoisotopic (exact) mass is 610 g/mol. The lowest BCUT2D eigenvalue weighted by Gasteiger charge is -2.39. The SMILES string of the molecule is C=CCCOC(=O)[C@H]1[C@H]2C(=O)N([C@H](CO)c3ccccc3)C(C(=O)N(CC=C)c3ccc4ccccc4c3)C23CC[C@]1(C)S3. The molecule has 3 aliphatic heterocycles. The van der Waals surface area contributed by atoms with Gasteiger partial charge in [-0.2, -0.15) is 0 Å². The number of esters is 1. The minimum Gasteiger partial charge on any atom is -0.465 e. The second-order valence-electron chi connectivity index (χ2n) is 12.1. The number of thioether (sulfide) groups is 1. The number of ether oxygens (including phenoxy) is 1. The number of carbonyl (C=O) groups excluding carboxylic acids is 3. The fourth-order valence-corrected chi connectivity index (χ4v) is 9.97. The molecule has 44 heavy (non-hydrogen) atoms. The molecule has 7 nitrogen and oxygen atoms in total. The smallest absolute Gasteiger partial charge is 0.311 e. The molecule has 1 spiro atoms. The highest BCUT2D eigenvalue weighted by Crippen LogP contribution is 2.72. The van der Waals surface area contributed by atoms with E-state index < -0.39 is 39.4 Å². The van der Waals surface area contributed by atoms with Crippen LogP contribution in [0.4, 0.5) is 5.69 Å². The number of nitrogens with zero attached hydrogens (tertiary/aromatic N) is 2. The van der Waals surface area contributed by atoms with Crippen molar-refractivity contribution < 1.29 is 24.2 Å². The topological polar surface area (TPSA) is 87.1 Å². The van der Waals surface area contributed by atoms with Gasteiger partial charge in [-0.3, -0.25) is 14.4 Å². The molecular formula is C36H38N2O5S. The van der Waals surface area contributed by atoms with Gasteiger partial charge in [-0.25, -0.2) is 0 Å². The van der Waals surface area contributed by atoms with Gasteiger partial charge in [0.2, 0.25) is 5.91 Å². The molecule has 1 N–H and O–H groups in total. The van der Waals surface area contributed by atoms with Crippen molar-refractivity contribution in [2.24, 2.45) is 11.8 Å². The van der Waals surface area contributed by atoms with Crippen LogP contribution in [-0.2, 0) is 19.1 Å². The molecule has 0 saturated carbocycles. The molecule has 3 fully saturated rings. The molecule has 0 aromatic heterocycles. The number of anilines is 1. The van der Waals surface area contributed by atoms with Crippen LogP contribution < -0.4 is 4.90 Å². The zero-order chi connectivity index (χ0) is 31.1. The number of amides is 2. The van der Waals surface area contributed by atoms with Gasteiger partial charge < -0.3 is 19.6 Å². The maximum Gasteiger partial charge on any atom is 0.311 e. The Morgan fingerprint density at radius 2 is 1.80 bits per heavy atom. The number of aliphatic hydroxyl groups excluding tert-OH is 1. The predicted octanol–water partition coefficient (Wildman–Crippen LogP) is 5.69. The van der Waals surface area contributed by atoms with Gasteiger partial charge in [-0.15, -0.1) is 24.9 Å². The normalized spacial score (nSPS) is 27.6. The molecule has 3 aromatic rings. The molecule has 2 unspecified atom stereocenters. The molecule has 8 heteroatoms. The summed E-state index contributed by atoms with van der Waals surface area (Å²) < 4.78 is 4.27. The van der Waals surface area contributed by atoms with E-state index in [9.17, 15) is 14.7 Å². The molecule has 3 aromatic carbocycles. The average Bonchev–Trinajstić information content (AvgIpc) is 3.61. The lowest BCUT2D eigenvalue weighted by atomic mass is 9.66. The van der Waals surface area contributed by atoms with Crippen LogP contribution in [0.3, 0.4) is 0 Å². The van der Waals surface area contributed by atoms with E-state index in [1.165, 1.54) is 0 Å². The van der Waals surface area contributed by atoms with Crippen LogP contribution in [0.25, 0.3) is 10.8 Å². The quantitative estimate of drug-likeness (QED) is 0.171. The van der Waals surface area contributed by atoms with E-state index in [-0.39, 0.29) is 31.6 Å². The molecule has 3 aliphatic rings. The minimum absolute atomic E-state index is 0.192. The van der Waals surface area contributed by atoms with Crippen LogP contribution in [0, 0.1) is 11.8 Å². The lowest BCUT2D eigenvalue weighted by molar-refractivity contribution is -0.156. The molecule has 3 saturated heterocycles. The van der Waals surface area contributed by atoms with Gasteiger partial charge in [0.1, 0.15) is 6.04 Å². The standard InChI is InChI=1S/C36H38N2O5S/c1-4-6-21-43-34(42)30-29-32(40)38(28(23-39)25-13-8-7-9-14-25)31(36(29)19-18-35(30,3)44-36)33(41)37(20-5-2)27-17-16-24-12-10-11-15-26(24)22-27/h4-5,7-17,22,28-31,39H,1-2,6,18-21,23H2,3H3/t28-,29+,30-,31?,35+,36?/m1/s1. The fourth-order valence-electron chi connectivity index (χ4n) is 7.64. The maximum atomic E-state index is 15.1. The highest BCUT2D eigenvalue weighted by molar-refractivity contribution is 8.02. The number of carbonyl (C=O) groups is 3. The van der Waals surface area contributed by atoms with E-state index >= 15 is 4.79 Å². The third-order valence-electron chi connectivity index (χ3n) is 9.58. The number of benzene rings is 3. The summed E-state index contributed by atoms with van der Waals surface area (Å²) >= 11 is 1.59. The molecular weight excluding hydrogens is 572 g/mol. The average molecular weight is 611 g/mol. The molecule has 3 heterocycles. The highest BCUT2D eigenvalue weighted by atomic mass is 32.2. The Balaban J connectivity index is 1.48. The Labute approximate surface area is 262 Å². The number of aliphatic hydroxyl groups is 1. The number of likely N-dealkylation sites (tertiary alicyclic amines) is 1. The van der Waals surface area contributed by atoms with Crippen molar-refractivity contribution in [3.05, 3.63) is 104 Å². The second kappa shape index (κ2) is 11.9. The summed E-state index contributed by atoms with van der Waals surface area (Å²) in [7, 11) is 0.